The Morgan fingerprint density at radius 2 is 1.88 bits per heavy atom. The van der Waals surface area contributed by atoms with Crippen LogP contribution < -0.4 is 5.32 Å². The molecule has 0 saturated carbocycles. The van der Waals surface area contributed by atoms with Gasteiger partial charge in [0.25, 0.3) is 0 Å². The second kappa shape index (κ2) is 6.60. The standard InChI is InChI=1S/C18H14N4OS/c1-11-6-15(7-12(2)21-11)17-16(22-18(24-17)20-10-23)14-5-3-4-13(8-14)9-19/h3-8,10H,1-2H3,(H,20,22,23). The Kier molecular flexibility index (Phi) is 4.36. The minimum absolute atomic E-state index is 0.518. The second-order valence-corrected chi connectivity index (χ2v) is 6.29. The molecule has 1 amide bonds. The third-order valence-electron chi connectivity index (χ3n) is 3.42. The number of rotatable bonds is 4. The molecule has 24 heavy (non-hydrogen) atoms. The molecule has 0 spiro atoms. The van der Waals surface area contributed by atoms with Crippen LogP contribution >= 0.6 is 11.3 Å². The fourth-order valence-corrected chi connectivity index (χ4v) is 3.46. The molecular formula is C18H14N4OS. The van der Waals surface area contributed by atoms with E-state index in [4.69, 9.17) is 5.26 Å². The van der Waals surface area contributed by atoms with E-state index in [1.54, 1.807) is 12.1 Å². The van der Waals surface area contributed by atoms with Crippen LogP contribution in [0.4, 0.5) is 5.13 Å². The number of nitrogens with zero attached hydrogens (tertiary/aromatic N) is 3. The zero-order chi connectivity index (χ0) is 17.1. The summed E-state index contributed by atoms with van der Waals surface area (Å²) in [6.45, 7) is 3.89. The molecule has 0 aliphatic carbocycles. The molecule has 0 aliphatic rings. The number of thiazole rings is 1. The fourth-order valence-electron chi connectivity index (χ4n) is 2.53. The highest BCUT2D eigenvalue weighted by Crippen LogP contribution is 2.39. The second-order valence-electron chi connectivity index (χ2n) is 5.29. The van der Waals surface area contributed by atoms with Crippen molar-refractivity contribution in [1.29, 1.82) is 5.26 Å². The summed E-state index contributed by atoms with van der Waals surface area (Å²) >= 11 is 1.40. The van der Waals surface area contributed by atoms with Crippen molar-refractivity contribution in [3.05, 3.63) is 53.3 Å². The fraction of sp³-hybridized carbons (Fsp3) is 0.111. The lowest BCUT2D eigenvalue weighted by molar-refractivity contribution is -0.105. The van der Waals surface area contributed by atoms with Gasteiger partial charge in [-0.2, -0.15) is 5.26 Å². The SMILES string of the molecule is Cc1cc(-c2sc(NC=O)nc2-c2cccc(C#N)c2)cc(C)n1. The number of amides is 1. The number of aromatic nitrogens is 2. The van der Waals surface area contributed by atoms with Crippen LogP contribution in [-0.4, -0.2) is 16.4 Å². The van der Waals surface area contributed by atoms with Gasteiger partial charge in [0, 0.05) is 17.0 Å². The number of nitriles is 1. The van der Waals surface area contributed by atoms with E-state index in [1.165, 1.54) is 11.3 Å². The highest BCUT2D eigenvalue weighted by Gasteiger charge is 2.16. The number of carbonyl (C=O) groups is 1. The van der Waals surface area contributed by atoms with Crippen molar-refractivity contribution in [2.24, 2.45) is 0 Å². The number of nitrogens with one attached hydrogen (secondary N) is 1. The molecule has 0 aliphatic heterocycles. The average molecular weight is 334 g/mol. The predicted molar refractivity (Wildman–Crippen MR) is 94.7 cm³/mol. The highest BCUT2D eigenvalue weighted by molar-refractivity contribution is 7.19. The van der Waals surface area contributed by atoms with E-state index < -0.39 is 0 Å². The van der Waals surface area contributed by atoms with Gasteiger partial charge in [-0.15, -0.1) is 0 Å². The van der Waals surface area contributed by atoms with E-state index in [1.807, 2.05) is 38.1 Å². The van der Waals surface area contributed by atoms with Gasteiger partial charge in [0.1, 0.15) is 0 Å². The molecular weight excluding hydrogens is 320 g/mol. The third-order valence-corrected chi connectivity index (χ3v) is 4.45. The van der Waals surface area contributed by atoms with Gasteiger partial charge in [-0.3, -0.25) is 9.78 Å². The third kappa shape index (κ3) is 3.16. The first kappa shape index (κ1) is 15.8. The van der Waals surface area contributed by atoms with E-state index in [0.29, 0.717) is 17.1 Å². The number of aryl methyl sites for hydroxylation is 2. The summed E-state index contributed by atoms with van der Waals surface area (Å²) < 4.78 is 0. The van der Waals surface area contributed by atoms with Crippen molar-refractivity contribution >= 4 is 22.9 Å². The van der Waals surface area contributed by atoms with Gasteiger partial charge in [0.05, 0.1) is 22.2 Å². The van der Waals surface area contributed by atoms with Crippen LogP contribution in [0.1, 0.15) is 17.0 Å². The van der Waals surface area contributed by atoms with Gasteiger partial charge in [0.2, 0.25) is 6.41 Å². The number of anilines is 1. The van der Waals surface area contributed by atoms with Crippen LogP contribution in [-0.2, 0) is 4.79 Å². The molecule has 0 bridgehead atoms. The first-order chi connectivity index (χ1) is 11.6. The zero-order valence-electron chi connectivity index (χ0n) is 13.2. The molecule has 0 fully saturated rings. The number of hydrogen-bond donors (Lipinski definition) is 1. The molecule has 1 N–H and O–H groups in total. The van der Waals surface area contributed by atoms with E-state index in [2.05, 4.69) is 21.4 Å². The molecule has 5 nitrogen and oxygen atoms in total. The lowest BCUT2D eigenvalue weighted by atomic mass is 10.0. The Morgan fingerprint density at radius 3 is 2.54 bits per heavy atom. The van der Waals surface area contributed by atoms with Gasteiger partial charge >= 0.3 is 0 Å². The van der Waals surface area contributed by atoms with Gasteiger partial charge in [-0.1, -0.05) is 23.5 Å². The summed E-state index contributed by atoms with van der Waals surface area (Å²) in [5.41, 5.74) is 4.98. The largest absolute Gasteiger partial charge is 0.305 e. The minimum atomic E-state index is 0.518. The van der Waals surface area contributed by atoms with Gasteiger partial charge in [0.15, 0.2) is 5.13 Å². The van der Waals surface area contributed by atoms with Crippen molar-refractivity contribution in [1.82, 2.24) is 9.97 Å². The van der Waals surface area contributed by atoms with Crippen LogP contribution in [0.5, 0.6) is 0 Å². The quantitative estimate of drug-likeness (QED) is 0.733. The maximum Gasteiger partial charge on any atom is 0.213 e. The Morgan fingerprint density at radius 1 is 1.12 bits per heavy atom. The molecule has 6 heteroatoms. The van der Waals surface area contributed by atoms with Gasteiger partial charge in [-0.25, -0.2) is 4.98 Å². The maximum absolute atomic E-state index is 10.8. The molecule has 0 radical (unpaired) electrons. The number of hydrogen-bond acceptors (Lipinski definition) is 5. The minimum Gasteiger partial charge on any atom is -0.305 e. The Bertz CT molecular complexity index is 936. The summed E-state index contributed by atoms with van der Waals surface area (Å²) in [6, 6.07) is 13.4. The number of benzene rings is 1. The Labute approximate surface area is 143 Å². The highest BCUT2D eigenvalue weighted by atomic mass is 32.1. The Hall–Kier alpha value is -3.04. The first-order valence-corrected chi connectivity index (χ1v) is 8.09. The molecule has 2 aromatic heterocycles. The van der Waals surface area contributed by atoms with Gasteiger partial charge in [-0.05, 0) is 43.7 Å². The van der Waals surface area contributed by atoms with E-state index in [0.717, 1.165) is 33.1 Å². The molecule has 3 aromatic rings. The number of carbonyl (C=O) groups excluding carboxylic acids is 1. The van der Waals surface area contributed by atoms with Crippen LogP contribution in [0, 0.1) is 25.2 Å². The van der Waals surface area contributed by atoms with Crippen molar-refractivity contribution in [2.45, 2.75) is 13.8 Å². The average Bonchev–Trinajstić information content (AvgIpc) is 2.98. The van der Waals surface area contributed by atoms with Crippen molar-refractivity contribution in [2.75, 3.05) is 5.32 Å². The first-order valence-electron chi connectivity index (χ1n) is 7.28. The van der Waals surface area contributed by atoms with Crippen LogP contribution in [0.15, 0.2) is 36.4 Å². The maximum atomic E-state index is 10.8. The normalized spacial score (nSPS) is 10.2. The summed E-state index contributed by atoms with van der Waals surface area (Å²) in [7, 11) is 0. The molecule has 3 rings (SSSR count). The molecule has 0 unspecified atom stereocenters. The van der Waals surface area contributed by atoms with Crippen LogP contribution in [0.25, 0.3) is 21.7 Å². The summed E-state index contributed by atoms with van der Waals surface area (Å²) in [5, 5.41) is 12.3. The molecule has 118 valence electrons. The molecule has 2 heterocycles. The summed E-state index contributed by atoms with van der Waals surface area (Å²) in [4.78, 5) is 20.6. The lowest BCUT2D eigenvalue weighted by Crippen LogP contribution is -1.92. The molecule has 1 aromatic carbocycles. The summed E-state index contributed by atoms with van der Waals surface area (Å²) in [5.74, 6) is 0. The monoisotopic (exact) mass is 334 g/mol. The van der Waals surface area contributed by atoms with Crippen molar-refractivity contribution < 1.29 is 4.79 Å². The summed E-state index contributed by atoms with van der Waals surface area (Å²) in [6.07, 6.45) is 0.612. The van der Waals surface area contributed by atoms with E-state index in [-0.39, 0.29) is 0 Å². The lowest BCUT2D eigenvalue weighted by Gasteiger charge is -2.05. The van der Waals surface area contributed by atoms with Crippen LogP contribution in [0.2, 0.25) is 0 Å². The number of pyridine rings is 1. The Balaban J connectivity index is 2.21. The van der Waals surface area contributed by atoms with Gasteiger partial charge < -0.3 is 5.32 Å². The smallest absolute Gasteiger partial charge is 0.213 e. The van der Waals surface area contributed by atoms with E-state index in [9.17, 15) is 4.79 Å². The molecule has 0 atom stereocenters. The van der Waals surface area contributed by atoms with Crippen LogP contribution in [0.3, 0.4) is 0 Å². The van der Waals surface area contributed by atoms with Crippen molar-refractivity contribution in [3.63, 3.8) is 0 Å². The predicted octanol–water partition coefficient (Wildman–Crippen LogP) is 3.93. The topological polar surface area (TPSA) is 78.7 Å². The van der Waals surface area contributed by atoms with Crippen molar-refractivity contribution in [3.8, 4) is 27.8 Å². The molecule has 0 saturated heterocycles. The zero-order valence-corrected chi connectivity index (χ0v) is 14.0. The van der Waals surface area contributed by atoms with E-state index >= 15 is 0 Å².